The van der Waals surface area contributed by atoms with Gasteiger partial charge in [0.2, 0.25) is 0 Å². The van der Waals surface area contributed by atoms with Crippen LogP contribution in [0.4, 0.5) is 0 Å². The van der Waals surface area contributed by atoms with Crippen LogP contribution in [-0.4, -0.2) is 46.8 Å². The van der Waals surface area contributed by atoms with Gasteiger partial charge in [0, 0.05) is 17.5 Å². The Kier molecular flexibility index (Phi) is 7.11. The SMILES string of the molecule is O=C(NCC(c1cccs1)N1CCCC1)c1ccc(=O)n(CCOc2ccccc2)n1. The zero-order valence-corrected chi connectivity index (χ0v) is 18.1. The number of benzene rings is 1. The summed E-state index contributed by atoms with van der Waals surface area (Å²) in [4.78, 5) is 28.6. The molecule has 7 nitrogen and oxygen atoms in total. The van der Waals surface area contributed by atoms with Gasteiger partial charge < -0.3 is 10.1 Å². The van der Waals surface area contributed by atoms with Crippen LogP contribution < -0.4 is 15.6 Å². The summed E-state index contributed by atoms with van der Waals surface area (Å²) in [6, 6.07) is 16.6. The number of nitrogens with zero attached hydrogens (tertiary/aromatic N) is 3. The maximum absolute atomic E-state index is 12.8. The zero-order valence-electron chi connectivity index (χ0n) is 17.3. The van der Waals surface area contributed by atoms with Crippen molar-refractivity contribution in [3.8, 4) is 5.75 Å². The molecule has 1 aromatic carbocycles. The summed E-state index contributed by atoms with van der Waals surface area (Å²) in [7, 11) is 0. The van der Waals surface area contributed by atoms with Gasteiger partial charge in [0.1, 0.15) is 18.1 Å². The molecule has 0 spiro atoms. The molecule has 1 atom stereocenters. The third-order valence-corrected chi connectivity index (χ3v) is 6.30. The summed E-state index contributed by atoms with van der Waals surface area (Å²) < 4.78 is 6.91. The number of amides is 1. The van der Waals surface area contributed by atoms with E-state index in [0.29, 0.717) is 6.54 Å². The summed E-state index contributed by atoms with van der Waals surface area (Å²) in [6.07, 6.45) is 2.38. The molecule has 1 unspecified atom stereocenters. The van der Waals surface area contributed by atoms with Gasteiger partial charge in [0.25, 0.3) is 11.5 Å². The molecule has 4 rings (SSSR count). The molecule has 0 aliphatic carbocycles. The van der Waals surface area contributed by atoms with E-state index in [-0.39, 0.29) is 36.4 Å². The number of likely N-dealkylation sites (tertiary alicyclic amines) is 1. The topological polar surface area (TPSA) is 76.5 Å². The van der Waals surface area contributed by atoms with Gasteiger partial charge in [-0.25, -0.2) is 4.68 Å². The number of hydrogen-bond acceptors (Lipinski definition) is 6. The average Bonchev–Trinajstić information content (AvgIpc) is 3.51. The molecule has 0 saturated carbocycles. The minimum absolute atomic E-state index is 0.164. The molecule has 1 fully saturated rings. The zero-order chi connectivity index (χ0) is 21.5. The lowest BCUT2D eigenvalue weighted by Crippen LogP contribution is -2.37. The van der Waals surface area contributed by atoms with Crippen molar-refractivity contribution in [3.63, 3.8) is 0 Å². The van der Waals surface area contributed by atoms with Gasteiger partial charge >= 0.3 is 0 Å². The lowest BCUT2D eigenvalue weighted by atomic mass is 10.2. The molecular formula is C23H26N4O3S. The van der Waals surface area contributed by atoms with Crippen LogP contribution in [0.25, 0.3) is 0 Å². The van der Waals surface area contributed by atoms with Crippen molar-refractivity contribution in [1.82, 2.24) is 20.0 Å². The minimum atomic E-state index is -0.279. The van der Waals surface area contributed by atoms with Crippen LogP contribution in [0.2, 0.25) is 0 Å². The van der Waals surface area contributed by atoms with Crippen molar-refractivity contribution >= 4 is 17.2 Å². The molecule has 0 radical (unpaired) electrons. The highest BCUT2D eigenvalue weighted by atomic mass is 32.1. The fourth-order valence-electron chi connectivity index (χ4n) is 3.72. The Balaban J connectivity index is 1.37. The molecule has 3 aromatic rings. The number of carbonyl (C=O) groups excluding carboxylic acids is 1. The van der Waals surface area contributed by atoms with E-state index in [1.807, 2.05) is 36.4 Å². The fourth-order valence-corrected chi connectivity index (χ4v) is 4.58. The van der Waals surface area contributed by atoms with E-state index < -0.39 is 0 Å². The summed E-state index contributed by atoms with van der Waals surface area (Å²) in [5.41, 5.74) is -0.0348. The van der Waals surface area contributed by atoms with E-state index in [9.17, 15) is 9.59 Å². The maximum Gasteiger partial charge on any atom is 0.271 e. The molecule has 1 N–H and O–H groups in total. The predicted molar refractivity (Wildman–Crippen MR) is 121 cm³/mol. The van der Waals surface area contributed by atoms with Crippen molar-refractivity contribution in [3.05, 3.63) is 80.9 Å². The van der Waals surface area contributed by atoms with Crippen LogP contribution in [0.3, 0.4) is 0 Å². The molecule has 31 heavy (non-hydrogen) atoms. The van der Waals surface area contributed by atoms with E-state index in [0.717, 1.165) is 18.8 Å². The highest BCUT2D eigenvalue weighted by Gasteiger charge is 2.25. The molecule has 0 bridgehead atoms. The second-order valence-corrected chi connectivity index (χ2v) is 8.41. The van der Waals surface area contributed by atoms with Crippen molar-refractivity contribution in [2.75, 3.05) is 26.2 Å². The van der Waals surface area contributed by atoms with E-state index in [2.05, 4.69) is 26.8 Å². The molecule has 1 aliphatic rings. The van der Waals surface area contributed by atoms with E-state index in [1.165, 1.54) is 34.5 Å². The number of nitrogens with one attached hydrogen (secondary N) is 1. The molecule has 1 saturated heterocycles. The number of carbonyl (C=O) groups is 1. The fraction of sp³-hybridized carbons (Fsp3) is 0.348. The van der Waals surface area contributed by atoms with Gasteiger partial charge in [-0.3, -0.25) is 14.5 Å². The van der Waals surface area contributed by atoms with Crippen molar-refractivity contribution in [2.45, 2.75) is 25.4 Å². The van der Waals surface area contributed by atoms with Crippen LogP contribution in [0.5, 0.6) is 5.75 Å². The Morgan fingerprint density at radius 1 is 1.10 bits per heavy atom. The van der Waals surface area contributed by atoms with Crippen molar-refractivity contribution in [1.29, 1.82) is 0 Å². The molecular weight excluding hydrogens is 412 g/mol. The number of rotatable bonds is 9. The highest BCUT2D eigenvalue weighted by Crippen LogP contribution is 2.27. The monoisotopic (exact) mass is 438 g/mol. The largest absolute Gasteiger partial charge is 0.492 e. The first-order valence-electron chi connectivity index (χ1n) is 10.5. The third-order valence-electron chi connectivity index (χ3n) is 5.32. The standard InChI is InChI=1S/C23H26N4O3S/c28-22-11-10-19(25-27(22)14-15-30-18-7-2-1-3-8-18)23(29)24-17-20(21-9-6-16-31-21)26-12-4-5-13-26/h1-3,6-11,16,20H,4-5,12-15,17H2,(H,24,29). The predicted octanol–water partition coefficient (Wildman–Crippen LogP) is 2.95. The quantitative estimate of drug-likeness (QED) is 0.556. The Labute approximate surface area is 185 Å². The summed E-state index contributed by atoms with van der Waals surface area (Å²) >= 11 is 1.71. The van der Waals surface area contributed by atoms with Gasteiger partial charge in [-0.2, -0.15) is 5.10 Å². The molecule has 1 amide bonds. The second-order valence-electron chi connectivity index (χ2n) is 7.43. The van der Waals surface area contributed by atoms with E-state index in [4.69, 9.17) is 4.74 Å². The number of para-hydroxylation sites is 1. The summed E-state index contributed by atoms with van der Waals surface area (Å²) in [5, 5.41) is 9.32. The van der Waals surface area contributed by atoms with Gasteiger partial charge in [0.05, 0.1) is 12.6 Å². The third kappa shape index (κ3) is 5.59. The second kappa shape index (κ2) is 10.4. The van der Waals surface area contributed by atoms with Crippen LogP contribution >= 0.6 is 11.3 Å². The van der Waals surface area contributed by atoms with Crippen LogP contribution in [0, 0.1) is 0 Å². The molecule has 2 aromatic heterocycles. The van der Waals surface area contributed by atoms with Crippen molar-refractivity contribution in [2.24, 2.45) is 0 Å². The first kappa shape index (κ1) is 21.3. The molecule has 3 heterocycles. The van der Waals surface area contributed by atoms with Gasteiger partial charge in [-0.1, -0.05) is 24.3 Å². The number of hydrogen-bond donors (Lipinski definition) is 1. The minimum Gasteiger partial charge on any atom is -0.492 e. The smallest absolute Gasteiger partial charge is 0.271 e. The number of ether oxygens (including phenoxy) is 1. The van der Waals surface area contributed by atoms with Crippen molar-refractivity contribution < 1.29 is 9.53 Å². The van der Waals surface area contributed by atoms with Gasteiger partial charge in [-0.05, 0) is 55.6 Å². The maximum atomic E-state index is 12.8. The average molecular weight is 439 g/mol. The summed E-state index contributed by atoms with van der Waals surface area (Å²) in [5.74, 6) is 0.449. The molecule has 162 valence electrons. The first-order valence-corrected chi connectivity index (χ1v) is 11.4. The molecule has 1 aliphatic heterocycles. The van der Waals surface area contributed by atoms with Gasteiger partial charge in [0.15, 0.2) is 0 Å². The lowest BCUT2D eigenvalue weighted by Gasteiger charge is -2.26. The van der Waals surface area contributed by atoms with Crippen LogP contribution in [0.1, 0.15) is 34.2 Å². The highest BCUT2D eigenvalue weighted by molar-refractivity contribution is 7.10. The molecule has 8 heteroatoms. The first-order chi connectivity index (χ1) is 15.2. The number of thiophene rings is 1. The van der Waals surface area contributed by atoms with E-state index >= 15 is 0 Å². The Morgan fingerprint density at radius 2 is 1.90 bits per heavy atom. The Bertz CT molecular complexity index is 1030. The lowest BCUT2D eigenvalue weighted by molar-refractivity contribution is 0.0930. The summed E-state index contributed by atoms with van der Waals surface area (Å²) in [6.45, 7) is 3.15. The van der Waals surface area contributed by atoms with E-state index in [1.54, 1.807) is 11.3 Å². The number of aromatic nitrogens is 2. The van der Waals surface area contributed by atoms with Crippen LogP contribution in [0.15, 0.2) is 64.8 Å². The normalized spacial score (nSPS) is 15.0. The van der Waals surface area contributed by atoms with Gasteiger partial charge in [-0.15, -0.1) is 11.3 Å². The Hall–Kier alpha value is -2.97. The Morgan fingerprint density at radius 3 is 2.65 bits per heavy atom. The van der Waals surface area contributed by atoms with Crippen LogP contribution in [-0.2, 0) is 6.54 Å².